The zero-order valence-electron chi connectivity index (χ0n) is 35.9. The van der Waals surface area contributed by atoms with Crippen molar-refractivity contribution in [3.8, 4) is 11.5 Å². The molecule has 3 heterocycles. The van der Waals surface area contributed by atoms with Gasteiger partial charge in [0.2, 0.25) is 17.7 Å². The molecule has 4 aromatic carbocycles. The molecule has 4 aromatic rings. The van der Waals surface area contributed by atoms with Crippen LogP contribution in [0.5, 0.6) is 11.5 Å². The van der Waals surface area contributed by atoms with E-state index in [0.29, 0.717) is 49.8 Å². The number of hydrogen-bond donors (Lipinski definition) is 3. The minimum absolute atomic E-state index is 0.0108. The van der Waals surface area contributed by atoms with Crippen LogP contribution in [0.4, 0.5) is 11.4 Å². The number of carbonyl (C=O) groups excluding carboxylic acids is 5. The van der Waals surface area contributed by atoms with E-state index < -0.39 is 34.9 Å². The highest BCUT2D eigenvalue weighted by molar-refractivity contribution is 6.32. The summed E-state index contributed by atoms with van der Waals surface area (Å²) in [6.07, 6.45) is 4.34. The number of amides is 5. The topological polar surface area (TPSA) is 225 Å². The summed E-state index contributed by atoms with van der Waals surface area (Å²) in [4.78, 5) is 76.3. The van der Waals surface area contributed by atoms with Crippen molar-refractivity contribution in [1.29, 1.82) is 0 Å². The van der Waals surface area contributed by atoms with Crippen LogP contribution in [0.1, 0.15) is 58.1 Å². The quantitative estimate of drug-likeness (QED) is 0.0307. The van der Waals surface area contributed by atoms with Gasteiger partial charge in [0.25, 0.3) is 17.5 Å². The van der Waals surface area contributed by atoms with Crippen molar-refractivity contribution in [1.82, 2.24) is 15.5 Å². The van der Waals surface area contributed by atoms with Crippen molar-refractivity contribution < 1.29 is 57.7 Å². The number of nitro groups is 1. The first kappa shape index (κ1) is 46.7. The first-order valence-corrected chi connectivity index (χ1v) is 21.4. The van der Waals surface area contributed by atoms with Crippen molar-refractivity contribution in [2.75, 3.05) is 64.3 Å². The maximum atomic E-state index is 13.6. The van der Waals surface area contributed by atoms with Gasteiger partial charge in [0, 0.05) is 41.7 Å². The van der Waals surface area contributed by atoms with Crippen molar-refractivity contribution in [3.05, 3.63) is 141 Å². The fourth-order valence-corrected chi connectivity index (χ4v) is 7.59. The van der Waals surface area contributed by atoms with Crippen molar-refractivity contribution in [2.24, 2.45) is 0 Å². The Labute approximate surface area is 379 Å². The van der Waals surface area contributed by atoms with Crippen LogP contribution >= 0.6 is 0 Å². The molecule has 2 unspecified atom stereocenters. The average molecular weight is 904 g/mol. The van der Waals surface area contributed by atoms with E-state index in [1.165, 1.54) is 12.1 Å². The van der Waals surface area contributed by atoms with E-state index in [4.69, 9.17) is 23.7 Å². The molecule has 18 nitrogen and oxygen atoms in total. The molecule has 0 spiro atoms. The van der Waals surface area contributed by atoms with Gasteiger partial charge >= 0.3 is 0 Å². The van der Waals surface area contributed by atoms with Crippen LogP contribution < -0.4 is 25.0 Å². The highest BCUT2D eigenvalue weighted by atomic mass is 16.6. The molecule has 0 aromatic heterocycles. The number of carbonyl (C=O) groups is 5. The normalized spacial score (nSPS) is 17.3. The summed E-state index contributed by atoms with van der Waals surface area (Å²) in [7, 11) is 0. The van der Waals surface area contributed by atoms with E-state index in [0.717, 1.165) is 27.3 Å². The number of non-ortho nitro benzene ring substituents is 1. The van der Waals surface area contributed by atoms with E-state index in [-0.39, 0.29) is 81.1 Å². The van der Waals surface area contributed by atoms with E-state index >= 15 is 0 Å². The number of fused-ring (bicyclic) bond motifs is 2. The number of nitrogens with one attached hydrogen (secondary N) is 2. The number of allylic oxidation sites excluding steroid dienone is 2. The van der Waals surface area contributed by atoms with Gasteiger partial charge in [-0.05, 0) is 60.0 Å². The first-order valence-electron chi connectivity index (χ1n) is 21.4. The molecule has 344 valence electrons. The number of aliphatic hydroxyl groups is 1. The van der Waals surface area contributed by atoms with Crippen LogP contribution in [0.25, 0.3) is 11.6 Å². The van der Waals surface area contributed by atoms with Gasteiger partial charge in [0.15, 0.2) is 6.23 Å². The van der Waals surface area contributed by atoms with Gasteiger partial charge in [-0.1, -0.05) is 54.6 Å². The number of hydrogen-bond acceptors (Lipinski definition) is 13. The van der Waals surface area contributed by atoms with Crippen molar-refractivity contribution in [3.63, 3.8) is 0 Å². The maximum Gasteiger partial charge on any atom is 0.269 e. The van der Waals surface area contributed by atoms with Crippen LogP contribution in [0.3, 0.4) is 0 Å². The first-order chi connectivity index (χ1) is 32.1. The minimum atomic E-state index is -1.34. The molecule has 2 atom stereocenters. The fourth-order valence-electron chi connectivity index (χ4n) is 7.59. The lowest BCUT2D eigenvalue weighted by atomic mass is 10.0. The number of benzene rings is 4. The number of imide groups is 1. The molecule has 3 aliphatic rings. The van der Waals surface area contributed by atoms with Crippen LogP contribution in [-0.4, -0.2) is 110 Å². The Morgan fingerprint density at radius 1 is 0.818 bits per heavy atom. The van der Waals surface area contributed by atoms with Gasteiger partial charge in [-0.2, -0.15) is 0 Å². The molecule has 3 N–H and O–H groups in total. The van der Waals surface area contributed by atoms with Crippen LogP contribution in [0.15, 0.2) is 103 Å². The summed E-state index contributed by atoms with van der Waals surface area (Å²) in [6, 6.07) is 25.1. The highest BCUT2D eigenvalue weighted by Gasteiger charge is 2.45. The summed E-state index contributed by atoms with van der Waals surface area (Å²) < 4.78 is 28.2. The molecule has 1 saturated heterocycles. The molecule has 5 amide bonds. The molecule has 18 heteroatoms. The Kier molecular flexibility index (Phi) is 16.0. The molecule has 7 rings (SSSR count). The van der Waals surface area contributed by atoms with E-state index in [9.17, 15) is 39.2 Å². The summed E-state index contributed by atoms with van der Waals surface area (Å²) >= 11 is 0. The Morgan fingerprint density at radius 3 is 2.26 bits per heavy atom. The number of piperidine rings is 1. The maximum absolute atomic E-state index is 13.6. The third kappa shape index (κ3) is 11.7. The summed E-state index contributed by atoms with van der Waals surface area (Å²) in [5.41, 5.74) is 4.36. The zero-order chi connectivity index (χ0) is 46.4. The Morgan fingerprint density at radius 2 is 1.53 bits per heavy atom. The number of nitrogens with zero attached hydrogens (tertiary/aromatic N) is 3. The molecule has 0 saturated carbocycles. The molecule has 0 aliphatic carbocycles. The zero-order valence-corrected chi connectivity index (χ0v) is 35.9. The number of rotatable bonds is 23. The monoisotopic (exact) mass is 903 g/mol. The van der Waals surface area contributed by atoms with Gasteiger partial charge < -0.3 is 39.0 Å². The standard InChI is InChI=1S/C48H49N5O13/c54-42(21-23-62-25-26-63-27-28-64-29-30-66-41-10-4-8-38-44(41)48(59)52(47(38)58)40-19-20-43(55)50-45(40)56)49-22-24-65-35-17-13-33(14-18-35)31-51-39-9-2-1-6-36(39)37(46(51)57)7-3-5-32-11-15-34(16-12-32)53(60)61/h1-18,40,47,58H,19-31H2,(H,49,54)(H,50,55,56)/b5-3+,37-7+. The van der Waals surface area contributed by atoms with Gasteiger partial charge in [0.05, 0.1) is 68.9 Å². The van der Waals surface area contributed by atoms with Crippen LogP contribution in [0, 0.1) is 10.1 Å². The van der Waals surface area contributed by atoms with E-state index in [1.807, 2.05) is 48.5 Å². The molecule has 0 bridgehead atoms. The van der Waals surface area contributed by atoms with Crippen LogP contribution in [0.2, 0.25) is 0 Å². The average Bonchev–Trinajstić information content (AvgIpc) is 3.73. The Hall–Kier alpha value is -7.25. The lowest BCUT2D eigenvalue weighted by Crippen LogP contribution is -2.53. The summed E-state index contributed by atoms with van der Waals surface area (Å²) in [5.74, 6) is -1.02. The lowest BCUT2D eigenvalue weighted by Gasteiger charge is -2.31. The van der Waals surface area contributed by atoms with Gasteiger partial charge in [-0.3, -0.25) is 44.3 Å². The summed E-state index contributed by atoms with van der Waals surface area (Å²) in [5, 5.41) is 26.8. The highest BCUT2D eigenvalue weighted by Crippen LogP contribution is 2.40. The number of nitro benzene ring substituents is 1. The second kappa shape index (κ2) is 22.6. The second-order valence-electron chi connectivity index (χ2n) is 15.2. The Balaban J connectivity index is 0.715. The number of aliphatic hydroxyl groups excluding tert-OH is 1. The van der Waals surface area contributed by atoms with E-state index in [2.05, 4.69) is 10.6 Å². The molecule has 0 radical (unpaired) electrons. The second-order valence-corrected chi connectivity index (χ2v) is 15.2. The van der Waals surface area contributed by atoms with Gasteiger partial charge in [-0.15, -0.1) is 0 Å². The molecular weight excluding hydrogens is 855 g/mol. The van der Waals surface area contributed by atoms with Crippen LogP contribution in [-0.2, 0) is 39.9 Å². The number of anilines is 1. The van der Waals surface area contributed by atoms with Gasteiger partial charge in [-0.25, -0.2) is 0 Å². The minimum Gasteiger partial charge on any atom is -0.492 e. The van der Waals surface area contributed by atoms with Crippen molar-refractivity contribution >= 4 is 52.6 Å². The molecule has 66 heavy (non-hydrogen) atoms. The summed E-state index contributed by atoms with van der Waals surface area (Å²) in [6.45, 7) is 2.67. The predicted molar refractivity (Wildman–Crippen MR) is 239 cm³/mol. The Bertz CT molecular complexity index is 2470. The lowest BCUT2D eigenvalue weighted by molar-refractivity contribution is -0.384. The number of ether oxygens (including phenoxy) is 5. The smallest absolute Gasteiger partial charge is 0.269 e. The largest absolute Gasteiger partial charge is 0.492 e. The van der Waals surface area contributed by atoms with Gasteiger partial charge in [0.1, 0.15) is 30.8 Å². The molecule has 3 aliphatic heterocycles. The predicted octanol–water partition coefficient (Wildman–Crippen LogP) is 4.50. The third-order valence-corrected chi connectivity index (χ3v) is 10.9. The van der Waals surface area contributed by atoms with E-state index in [1.54, 1.807) is 53.5 Å². The molecule has 1 fully saturated rings. The third-order valence-electron chi connectivity index (χ3n) is 10.9. The number of para-hydroxylation sites is 1. The molecular formula is C48H49N5O13. The van der Waals surface area contributed by atoms with Crippen molar-refractivity contribution in [2.45, 2.75) is 38.1 Å². The SMILES string of the molecule is O=C(CCOCCOCCOCCOc1cccc2c1C(=O)N(C1CCC(=O)NC1=O)C2O)NCCOc1ccc(CN2C(=O)/C(=C/C=C/c3ccc([N+](=O)[O-])cc3)c3ccccc32)cc1. The fraction of sp³-hybridized carbons (Fsp3) is 0.312.